The van der Waals surface area contributed by atoms with E-state index >= 15 is 0 Å². The van der Waals surface area contributed by atoms with Gasteiger partial charge in [-0.3, -0.25) is 4.99 Å². The molecule has 1 saturated carbocycles. The molecular formula is C31H44N2. The highest BCUT2D eigenvalue weighted by Crippen LogP contribution is 2.35. The molecule has 0 aromatic heterocycles. The predicted molar refractivity (Wildman–Crippen MR) is 149 cm³/mol. The van der Waals surface area contributed by atoms with Crippen molar-refractivity contribution >= 4 is 16.9 Å². The molecule has 1 aliphatic rings. The Balaban J connectivity index is 2.13. The SMILES string of the molecule is C=CC/N=C(/C)c1cc(C(=C)CCCN(CCC)C(=C)[C@H]2CCC(=C)C2)c(C)cc1C(=C)C. The maximum atomic E-state index is 4.66. The minimum absolute atomic E-state index is 0.574. The molecule has 1 fully saturated rings. The Kier molecular flexibility index (Phi) is 10.2. The van der Waals surface area contributed by atoms with E-state index in [2.05, 4.69) is 82.6 Å². The van der Waals surface area contributed by atoms with Crippen molar-refractivity contribution in [1.82, 2.24) is 4.90 Å². The molecule has 1 aromatic carbocycles. The van der Waals surface area contributed by atoms with Gasteiger partial charge in [-0.25, -0.2) is 0 Å². The number of aryl methyl sites for hydroxylation is 1. The maximum absolute atomic E-state index is 4.66. The quantitative estimate of drug-likeness (QED) is 0.220. The molecule has 0 spiro atoms. The molecule has 2 heteroatoms. The van der Waals surface area contributed by atoms with Gasteiger partial charge in [-0.05, 0) is 87.6 Å². The number of allylic oxidation sites excluding steroid dienone is 4. The molecule has 0 amide bonds. The monoisotopic (exact) mass is 444 g/mol. The number of aliphatic imine (C=N–C) groups is 1. The summed E-state index contributed by atoms with van der Waals surface area (Å²) in [6.07, 6.45) is 8.48. The zero-order chi connectivity index (χ0) is 24.5. The fourth-order valence-electron chi connectivity index (χ4n) is 4.79. The van der Waals surface area contributed by atoms with E-state index < -0.39 is 0 Å². The molecule has 2 rings (SSSR count). The molecule has 1 aromatic rings. The summed E-state index contributed by atoms with van der Waals surface area (Å²) in [5.74, 6) is 0.574. The van der Waals surface area contributed by atoms with Crippen LogP contribution < -0.4 is 0 Å². The van der Waals surface area contributed by atoms with Crippen molar-refractivity contribution in [2.75, 3.05) is 19.6 Å². The Bertz CT molecular complexity index is 944. The summed E-state index contributed by atoms with van der Waals surface area (Å²) in [5.41, 5.74) is 10.7. The van der Waals surface area contributed by atoms with E-state index in [9.17, 15) is 0 Å². The molecule has 0 saturated heterocycles. The number of rotatable bonds is 13. The van der Waals surface area contributed by atoms with Gasteiger partial charge in [0.15, 0.2) is 0 Å². The van der Waals surface area contributed by atoms with Gasteiger partial charge in [-0.1, -0.05) is 56.5 Å². The van der Waals surface area contributed by atoms with E-state index in [1.165, 1.54) is 34.4 Å². The second-order valence-electron chi connectivity index (χ2n) is 9.58. The van der Waals surface area contributed by atoms with Gasteiger partial charge in [0.2, 0.25) is 0 Å². The Morgan fingerprint density at radius 2 is 1.85 bits per heavy atom. The molecule has 2 nitrogen and oxygen atoms in total. The van der Waals surface area contributed by atoms with E-state index in [0.717, 1.165) is 67.6 Å². The largest absolute Gasteiger partial charge is 0.375 e. The maximum Gasteiger partial charge on any atom is 0.0571 e. The van der Waals surface area contributed by atoms with Crippen molar-refractivity contribution in [3.8, 4) is 0 Å². The van der Waals surface area contributed by atoms with E-state index in [-0.39, 0.29) is 0 Å². The first-order chi connectivity index (χ1) is 15.7. The van der Waals surface area contributed by atoms with Crippen molar-refractivity contribution in [2.24, 2.45) is 10.9 Å². The molecule has 0 unspecified atom stereocenters. The number of benzene rings is 1. The molecule has 0 aliphatic heterocycles. The van der Waals surface area contributed by atoms with Crippen molar-refractivity contribution in [2.45, 2.75) is 66.2 Å². The Morgan fingerprint density at radius 1 is 1.12 bits per heavy atom. The number of hydrogen-bond donors (Lipinski definition) is 0. The molecule has 0 N–H and O–H groups in total. The van der Waals surface area contributed by atoms with Crippen LogP contribution in [0, 0.1) is 12.8 Å². The highest BCUT2D eigenvalue weighted by Gasteiger charge is 2.24. The van der Waals surface area contributed by atoms with Gasteiger partial charge >= 0.3 is 0 Å². The van der Waals surface area contributed by atoms with Crippen LogP contribution in [0.4, 0.5) is 0 Å². The second-order valence-corrected chi connectivity index (χ2v) is 9.58. The van der Waals surface area contributed by atoms with Gasteiger partial charge < -0.3 is 4.90 Å². The first kappa shape index (κ1) is 26.6. The second kappa shape index (κ2) is 12.6. The fraction of sp³-hybridized carbons (Fsp3) is 0.452. The average Bonchev–Trinajstić information content (AvgIpc) is 3.22. The van der Waals surface area contributed by atoms with Crippen LogP contribution in [0.5, 0.6) is 0 Å². The van der Waals surface area contributed by atoms with Crippen molar-refractivity contribution in [3.05, 3.63) is 84.6 Å². The lowest BCUT2D eigenvalue weighted by Gasteiger charge is -2.30. The van der Waals surface area contributed by atoms with Gasteiger partial charge in [0.1, 0.15) is 0 Å². The highest BCUT2D eigenvalue weighted by atomic mass is 15.1. The van der Waals surface area contributed by atoms with Crippen LogP contribution in [-0.2, 0) is 0 Å². The molecule has 33 heavy (non-hydrogen) atoms. The summed E-state index contributed by atoms with van der Waals surface area (Å²) in [4.78, 5) is 7.16. The molecular weight excluding hydrogens is 400 g/mol. The van der Waals surface area contributed by atoms with Gasteiger partial charge in [0.25, 0.3) is 0 Å². The Labute approximate surface area is 203 Å². The lowest BCUT2D eigenvalue weighted by atomic mass is 9.89. The molecule has 178 valence electrons. The van der Waals surface area contributed by atoms with Crippen LogP contribution in [0.15, 0.2) is 67.4 Å². The smallest absolute Gasteiger partial charge is 0.0571 e. The third kappa shape index (κ3) is 7.19. The zero-order valence-electron chi connectivity index (χ0n) is 21.6. The normalized spacial score (nSPS) is 16.1. The molecule has 0 radical (unpaired) electrons. The molecule has 1 atom stereocenters. The minimum atomic E-state index is 0.574. The van der Waals surface area contributed by atoms with Crippen LogP contribution in [0.1, 0.15) is 81.5 Å². The van der Waals surface area contributed by atoms with Crippen molar-refractivity contribution < 1.29 is 0 Å². The third-order valence-electron chi connectivity index (χ3n) is 6.71. The summed E-state index contributed by atoms with van der Waals surface area (Å²) in [7, 11) is 0. The third-order valence-corrected chi connectivity index (χ3v) is 6.71. The molecule has 0 bridgehead atoms. The Hall–Kier alpha value is -2.61. The summed E-state index contributed by atoms with van der Waals surface area (Å²) in [6, 6.07) is 4.50. The van der Waals surface area contributed by atoms with E-state index in [1.54, 1.807) is 0 Å². The van der Waals surface area contributed by atoms with Crippen LogP contribution in [0.3, 0.4) is 0 Å². The lowest BCUT2D eigenvalue weighted by molar-refractivity contribution is 0.302. The lowest BCUT2D eigenvalue weighted by Crippen LogP contribution is -2.28. The fourth-order valence-corrected chi connectivity index (χ4v) is 4.79. The van der Waals surface area contributed by atoms with Crippen LogP contribution >= 0.6 is 0 Å². The number of nitrogens with zero attached hydrogens (tertiary/aromatic N) is 2. The minimum Gasteiger partial charge on any atom is -0.375 e. The van der Waals surface area contributed by atoms with Crippen LogP contribution in [0.25, 0.3) is 11.1 Å². The number of hydrogen-bond acceptors (Lipinski definition) is 2. The van der Waals surface area contributed by atoms with Gasteiger partial charge in [0.05, 0.1) is 6.54 Å². The summed E-state index contributed by atoms with van der Waals surface area (Å²) in [6.45, 7) is 32.4. The van der Waals surface area contributed by atoms with E-state index in [0.29, 0.717) is 12.5 Å². The van der Waals surface area contributed by atoms with E-state index in [1.807, 2.05) is 6.08 Å². The van der Waals surface area contributed by atoms with Crippen molar-refractivity contribution in [3.63, 3.8) is 0 Å². The van der Waals surface area contributed by atoms with Gasteiger partial charge in [-0.2, -0.15) is 0 Å². The molecule has 1 aliphatic carbocycles. The summed E-state index contributed by atoms with van der Waals surface area (Å²) < 4.78 is 0. The van der Waals surface area contributed by atoms with E-state index in [4.69, 9.17) is 0 Å². The van der Waals surface area contributed by atoms with Crippen LogP contribution in [0.2, 0.25) is 0 Å². The first-order valence-corrected chi connectivity index (χ1v) is 12.4. The zero-order valence-corrected chi connectivity index (χ0v) is 21.6. The van der Waals surface area contributed by atoms with Gasteiger partial charge in [0, 0.05) is 36.0 Å². The van der Waals surface area contributed by atoms with Crippen molar-refractivity contribution in [1.29, 1.82) is 0 Å². The summed E-state index contributed by atoms with van der Waals surface area (Å²) >= 11 is 0. The van der Waals surface area contributed by atoms with Crippen LogP contribution in [-0.4, -0.2) is 30.2 Å². The molecule has 0 heterocycles. The highest BCUT2D eigenvalue weighted by molar-refractivity contribution is 6.03. The standard InChI is InChI=1S/C31H44N2/c1-10-16-32-26(8)31-21-30(25(7)20-29(31)22(3)4)24(6)13-12-18-33(17-11-2)27(9)28-15-14-23(5)19-28/h10,20-21,28H,1,3,5-6,9,11-19H2,2,4,7-8H3/b32-26-/t28-/m0/s1. The predicted octanol–water partition coefficient (Wildman–Crippen LogP) is 8.40. The average molecular weight is 445 g/mol. The first-order valence-electron chi connectivity index (χ1n) is 12.4. The topological polar surface area (TPSA) is 15.6 Å². The Morgan fingerprint density at radius 3 is 2.42 bits per heavy atom. The van der Waals surface area contributed by atoms with Gasteiger partial charge in [-0.15, -0.1) is 6.58 Å². The summed E-state index contributed by atoms with van der Waals surface area (Å²) in [5, 5.41) is 0.